The molecule has 3 rings (SSSR count). The number of sulfone groups is 1. The van der Waals surface area contributed by atoms with Gasteiger partial charge in [0.05, 0.1) is 4.90 Å². The molecule has 2 aromatic rings. The lowest BCUT2D eigenvalue weighted by atomic mass is 9.88. The molecule has 1 aliphatic heterocycles. The van der Waals surface area contributed by atoms with Crippen molar-refractivity contribution in [3.63, 3.8) is 0 Å². The predicted octanol–water partition coefficient (Wildman–Crippen LogP) is 2.89. The van der Waals surface area contributed by atoms with Crippen molar-refractivity contribution >= 4 is 38.9 Å². The largest absolute Gasteiger partial charge is 0.372 e. The molecule has 1 fully saturated rings. The Morgan fingerprint density at radius 2 is 1.52 bits per heavy atom. The molecule has 0 aliphatic carbocycles. The van der Waals surface area contributed by atoms with Crippen LogP contribution in [0.1, 0.15) is 18.4 Å². The maximum absolute atomic E-state index is 13.4. The predicted molar refractivity (Wildman–Crippen MR) is 95.2 cm³/mol. The summed E-state index contributed by atoms with van der Waals surface area (Å²) in [5.74, 6) is -0.400. The number of hydrogen-bond donors (Lipinski definition) is 2. The highest BCUT2D eigenvalue weighted by Gasteiger charge is 2.54. The first-order chi connectivity index (χ1) is 11.8. The average Bonchev–Trinajstić information content (AvgIpc) is 2.56. The third-order valence-corrected chi connectivity index (χ3v) is 7.42. The van der Waals surface area contributed by atoms with Crippen molar-refractivity contribution in [3.05, 3.63) is 64.1 Å². The Morgan fingerprint density at radius 3 is 2.04 bits per heavy atom. The minimum Gasteiger partial charge on any atom is -0.372 e. The van der Waals surface area contributed by atoms with Crippen molar-refractivity contribution in [2.45, 2.75) is 28.7 Å². The summed E-state index contributed by atoms with van der Waals surface area (Å²) in [5.41, 5.74) is 0.361. The van der Waals surface area contributed by atoms with Crippen molar-refractivity contribution in [2.75, 3.05) is 0 Å². The van der Waals surface area contributed by atoms with Gasteiger partial charge in [-0.25, -0.2) is 8.42 Å². The van der Waals surface area contributed by atoms with Crippen LogP contribution < -0.4 is 5.32 Å². The SMILES string of the molecule is O=C1CCC(c2ccc(Cl)cc2)(S(=O)(=O)c2ccc(Cl)cc2)C(O)N1. The molecule has 0 radical (unpaired) electrons. The summed E-state index contributed by atoms with van der Waals surface area (Å²) in [6, 6.07) is 11.9. The quantitative estimate of drug-likeness (QED) is 0.830. The summed E-state index contributed by atoms with van der Waals surface area (Å²) in [6.07, 6.45) is -1.66. The summed E-state index contributed by atoms with van der Waals surface area (Å²) >= 11 is 11.8. The van der Waals surface area contributed by atoms with Crippen LogP contribution in [0.15, 0.2) is 53.4 Å². The minimum absolute atomic E-state index is 0.0158. The van der Waals surface area contributed by atoms with Crippen LogP contribution in [0.4, 0.5) is 0 Å². The zero-order chi connectivity index (χ0) is 18.2. The first-order valence-electron chi connectivity index (χ1n) is 7.51. The highest BCUT2D eigenvalue weighted by molar-refractivity contribution is 7.92. The van der Waals surface area contributed by atoms with Crippen molar-refractivity contribution < 1.29 is 18.3 Å². The number of nitrogens with one attached hydrogen (secondary N) is 1. The monoisotopic (exact) mass is 399 g/mol. The van der Waals surface area contributed by atoms with Gasteiger partial charge in [-0.05, 0) is 48.4 Å². The van der Waals surface area contributed by atoms with Gasteiger partial charge >= 0.3 is 0 Å². The molecule has 0 bridgehead atoms. The van der Waals surface area contributed by atoms with Gasteiger partial charge in [0.2, 0.25) is 5.91 Å². The zero-order valence-electron chi connectivity index (χ0n) is 12.9. The lowest BCUT2D eigenvalue weighted by molar-refractivity contribution is -0.128. The smallest absolute Gasteiger partial charge is 0.222 e. The van der Waals surface area contributed by atoms with Gasteiger partial charge in [-0.3, -0.25) is 4.79 Å². The van der Waals surface area contributed by atoms with Crippen molar-refractivity contribution in [1.82, 2.24) is 5.32 Å². The van der Waals surface area contributed by atoms with E-state index in [1.165, 1.54) is 24.3 Å². The molecule has 25 heavy (non-hydrogen) atoms. The van der Waals surface area contributed by atoms with Gasteiger partial charge in [0.15, 0.2) is 16.1 Å². The normalized spacial score (nSPS) is 24.0. The van der Waals surface area contributed by atoms with Gasteiger partial charge in [-0.15, -0.1) is 0 Å². The van der Waals surface area contributed by atoms with Crippen LogP contribution in [0, 0.1) is 0 Å². The molecule has 1 saturated heterocycles. The van der Waals surface area contributed by atoms with E-state index in [1.54, 1.807) is 24.3 Å². The standard InChI is InChI=1S/C17H15Cl2NO4S/c18-12-3-1-11(2-4-12)17(10-9-15(21)20-16(17)22)25(23,24)14-7-5-13(19)6-8-14/h1-8,16,22H,9-10H2,(H,20,21). The lowest BCUT2D eigenvalue weighted by Gasteiger charge is -2.41. The van der Waals surface area contributed by atoms with Gasteiger partial charge in [0, 0.05) is 16.5 Å². The number of piperidine rings is 1. The zero-order valence-corrected chi connectivity index (χ0v) is 15.3. The summed E-state index contributed by atoms with van der Waals surface area (Å²) in [4.78, 5) is 11.7. The summed E-state index contributed by atoms with van der Waals surface area (Å²) < 4.78 is 25.2. The molecule has 5 nitrogen and oxygen atoms in total. The molecule has 1 amide bonds. The topological polar surface area (TPSA) is 83.5 Å². The fourth-order valence-electron chi connectivity index (χ4n) is 3.07. The second-order valence-corrected chi connectivity index (χ2v) is 8.90. The fourth-order valence-corrected chi connectivity index (χ4v) is 5.41. The molecular weight excluding hydrogens is 385 g/mol. The molecule has 1 heterocycles. The molecule has 0 saturated carbocycles. The van der Waals surface area contributed by atoms with E-state index in [4.69, 9.17) is 23.2 Å². The first-order valence-corrected chi connectivity index (χ1v) is 9.75. The first kappa shape index (κ1) is 18.2. The Bertz CT molecular complexity index is 897. The van der Waals surface area contributed by atoms with Crippen LogP contribution in [0.25, 0.3) is 0 Å². The van der Waals surface area contributed by atoms with Crippen molar-refractivity contribution in [1.29, 1.82) is 0 Å². The maximum atomic E-state index is 13.4. The highest BCUT2D eigenvalue weighted by atomic mass is 35.5. The average molecular weight is 400 g/mol. The number of aliphatic hydroxyl groups is 1. The lowest BCUT2D eigenvalue weighted by Crippen LogP contribution is -2.58. The number of carbonyl (C=O) groups excluding carboxylic acids is 1. The molecule has 132 valence electrons. The molecule has 2 aromatic carbocycles. The fraction of sp³-hybridized carbons (Fsp3) is 0.235. The summed E-state index contributed by atoms with van der Waals surface area (Å²) in [6.45, 7) is 0. The number of hydrogen-bond acceptors (Lipinski definition) is 4. The van der Waals surface area contributed by atoms with E-state index in [-0.39, 0.29) is 17.7 Å². The van der Waals surface area contributed by atoms with Crippen LogP contribution >= 0.6 is 23.2 Å². The molecule has 0 spiro atoms. The van der Waals surface area contributed by atoms with Crippen LogP contribution in [-0.4, -0.2) is 25.7 Å². The molecule has 1 aliphatic rings. The Labute approximate surface area is 155 Å². The molecule has 2 unspecified atom stereocenters. The van der Waals surface area contributed by atoms with E-state index < -0.39 is 26.7 Å². The van der Waals surface area contributed by atoms with Crippen molar-refractivity contribution in [2.24, 2.45) is 0 Å². The third-order valence-electron chi connectivity index (χ3n) is 4.40. The number of benzene rings is 2. The Hall–Kier alpha value is -1.60. The number of carbonyl (C=O) groups is 1. The molecule has 2 N–H and O–H groups in total. The Kier molecular flexibility index (Phi) is 4.81. The second kappa shape index (κ2) is 6.61. The second-order valence-electron chi connectivity index (χ2n) is 5.82. The van der Waals surface area contributed by atoms with E-state index in [9.17, 15) is 18.3 Å². The van der Waals surface area contributed by atoms with Gasteiger partial charge in [-0.1, -0.05) is 35.3 Å². The van der Waals surface area contributed by atoms with E-state index in [1.807, 2.05) is 0 Å². The van der Waals surface area contributed by atoms with Gasteiger partial charge in [-0.2, -0.15) is 0 Å². The molecule has 2 atom stereocenters. The van der Waals surface area contributed by atoms with Gasteiger partial charge in [0.1, 0.15) is 4.75 Å². The minimum atomic E-state index is -4.05. The Morgan fingerprint density at radius 1 is 1.00 bits per heavy atom. The molecular formula is C17H15Cl2NO4S. The summed E-state index contributed by atoms with van der Waals surface area (Å²) in [5, 5.41) is 13.8. The van der Waals surface area contributed by atoms with Crippen molar-refractivity contribution in [3.8, 4) is 0 Å². The highest BCUT2D eigenvalue weighted by Crippen LogP contribution is 2.44. The number of rotatable bonds is 3. The van der Waals surface area contributed by atoms with Gasteiger partial charge in [0.25, 0.3) is 0 Å². The number of aliphatic hydroxyl groups excluding tert-OH is 1. The van der Waals surface area contributed by atoms with E-state index >= 15 is 0 Å². The van der Waals surface area contributed by atoms with Gasteiger partial charge < -0.3 is 10.4 Å². The van der Waals surface area contributed by atoms with E-state index in [0.717, 1.165) is 0 Å². The Balaban J connectivity index is 2.22. The number of amides is 1. The maximum Gasteiger partial charge on any atom is 0.222 e. The van der Waals surface area contributed by atoms with Crippen LogP contribution in [-0.2, 0) is 19.4 Å². The van der Waals surface area contributed by atoms with E-state index in [2.05, 4.69) is 5.32 Å². The van der Waals surface area contributed by atoms with E-state index in [0.29, 0.717) is 15.6 Å². The van der Waals surface area contributed by atoms with Crippen LogP contribution in [0.5, 0.6) is 0 Å². The summed E-state index contributed by atoms with van der Waals surface area (Å²) in [7, 11) is -4.05. The molecule has 0 aromatic heterocycles. The third kappa shape index (κ3) is 3.04. The van der Waals surface area contributed by atoms with Crippen LogP contribution in [0.3, 0.4) is 0 Å². The van der Waals surface area contributed by atoms with Crippen LogP contribution in [0.2, 0.25) is 10.0 Å². The molecule has 8 heteroatoms. The number of halogens is 2.